The number of hydrogen-bond acceptors (Lipinski definition) is 9. The van der Waals surface area contributed by atoms with Crippen LogP contribution in [0.15, 0.2) is 34.7 Å². The highest BCUT2D eigenvalue weighted by Crippen LogP contribution is 2.41. The molecule has 1 aliphatic carbocycles. The summed E-state index contributed by atoms with van der Waals surface area (Å²) in [4.78, 5) is 12.1. The molecule has 3 heterocycles. The first-order chi connectivity index (χ1) is 19.7. The Bertz CT molecular complexity index is 1370. The molecule has 10 heteroatoms. The molecule has 1 aliphatic heterocycles. The Kier molecular flexibility index (Phi) is 10.3. The predicted molar refractivity (Wildman–Crippen MR) is 162 cm³/mol. The molecular formula is C30H33ClN6OS2. The van der Waals surface area contributed by atoms with Crippen molar-refractivity contribution in [1.29, 1.82) is 10.5 Å². The minimum absolute atomic E-state index is 0.213. The highest BCUT2D eigenvalue weighted by atomic mass is 35.5. The van der Waals surface area contributed by atoms with Crippen molar-refractivity contribution in [2.24, 2.45) is 0 Å². The molecule has 5 rings (SSSR count). The fourth-order valence-electron chi connectivity index (χ4n) is 5.41. The van der Waals surface area contributed by atoms with E-state index in [9.17, 15) is 10.5 Å². The van der Waals surface area contributed by atoms with E-state index >= 15 is 0 Å². The summed E-state index contributed by atoms with van der Waals surface area (Å²) in [6.45, 7) is 5.19. The zero-order valence-electron chi connectivity index (χ0n) is 22.5. The minimum Gasteiger partial charge on any atom is -0.379 e. The Balaban J connectivity index is 1.37. The maximum absolute atomic E-state index is 10.3. The van der Waals surface area contributed by atoms with Gasteiger partial charge in [0.1, 0.15) is 28.0 Å². The Morgan fingerprint density at radius 1 is 1.05 bits per heavy atom. The lowest BCUT2D eigenvalue weighted by Crippen LogP contribution is -2.37. The number of benzene rings is 1. The maximum atomic E-state index is 10.3. The van der Waals surface area contributed by atoms with Crippen LogP contribution in [-0.2, 0) is 10.5 Å². The summed E-state index contributed by atoms with van der Waals surface area (Å²) in [5.41, 5.74) is 3.95. The summed E-state index contributed by atoms with van der Waals surface area (Å²) < 4.78 is 5.45. The highest BCUT2D eigenvalue weighted by Gasteiger charge is 2.28. The van der Waals surface area contributed by atoms with Gasteiger partial charge in [-0.25, -0.2) is 9.97 Å². The number of halogens is 1. The van der Waals surface area contributed by atoms with Gasteiger partial charge in [0, 0.05) is 41.4 Å². The smallest absolute Gasteiger partial charge is 0.145 e. The van der Waals surface area contributed by atoms with E-state index in [4.69, 9.17) is 26.3 Å². The van der Waals surface area contributed by atoms with Crippen molar-refractivity contribution in [3.8, 4) is 22.7 Å². The van der Waals surface area contributed by atoms with Crippen LogP contribution in [-0.4, -0.2) is 54.3 Å². The third-order valence-electron chi connectivity index (χ3n) is 7.49. The van der Waals surface area contributed by atoms with E-state index in [2.05, 4.69) is 27.7 Å². The monoisotopic (exact) mass is 592 g/mol. The van der Waals surface area contributed by atoms with Crippen LogP contribution in [0.2, 0.25) is 5.02 Å². The van der Waals surface area contributed by atoms with Crippen LogP contribution < -0.4 is 5.32 Å². The van der Waals surface area contributed by atoms with E-state index in [0.717, 1.165) is 93.3 Å². The number of pyridine rings is 1. The van der Waals surface area contributed by atoms with Gasteiger partial charge in [-0.05, 0) is 49.4 Å². The van der Waals surface area contributed by atoms with Gasteiger partial charge in [0.25, 0.3) is 0 Å². The Morgan fingerprint density at radius 2 is 1.80 bits per heavy atom. The van der Waals surface area contributed by atoms with Crippen molar-refractivity contribution in [3.63, 3.8) is 0 Å². The molecule has 2 fully saturated rings. The number of thiazole rings is 1. The summed E-state index contributed by atoms with van der Waals surface area (Å²) in [6.07, 6.45) is 6.41. The minimum atomic E-state index is 0.213. The van der Waals surface area contributed by atoms with Crippen molar-refractivity contribution in [2.45, 2.75) is 55.2 Å². The van der Waals surface area contributed by atoms with Crippen LogP contribution in [0.4, 0.5) is 5.82 Å². The topological polar surface area (TPSA) is 97.9 Å². The quantitative estimate of drug-likeness (QED) is 0.197. The summed E-state index contributed by atoms with van der Waals surface area (Å²) in [5, 5.41) is 28.4. The number of thioether (sulfide) groups is 1. The van der Waals surface area contributed by atoms with Crippen LogP contribution in [0.1, 0.15) is 66.8 Å². The van der Waals surface area contributed by atoms with E-state index < -0.39 is 0 Å². The number of morpholine rings is 1. The van der Waals surface area contributed by atoms with Crippen LogP contribution in [0.5, 0.6) is 0 Å². The molecule has 0 bridgehead atoms. The van der Waals surface area contributed by atoms with Gasteiger partial charge >= 0.3 is 0 Å². The third-order valence-corrected chi connectivity index (χ3v) is 9.69. The van der Waals surface area contributed by atoms with Gasteiger partial charge in [-0.15, -0.1) is 11.3 Å². The molecule has 3 aromatic rings. The maximum Gasteiger partial charge on any atom is 0.145 e. The van der Waals surface area contributed by atoms with E-state index in [0.29, 0.717) is 32.7 Å². The molecule has 2 aliphatic rings. The lowest BCUT2D eigenvalue weighted by atomic mass is 9.80. The summed E-state index contributed by atoms with van der Waals surface area (Å²) in [7, 11) is 0. The largest absolute Gasteiger partial charge is 0.379 e. The number of hydrogen-bond donors (Lipinski definition) is 1. The van der Waals surface area contributed by atoms with Gasteiger partial charge in [0.2, 0.25) is 0 Å². The first-order valence-corrected chi connectivity index (χ1v) is 16.2. The molecule has 1 saturated heterocycles. The lowest BCUT2D eigenvalue weighted by Gasteiger charge is -2.27. The third kappa shape index (κ3) is 7.15. The number of nitriles is 2. The average molecular weight is 593 g/mol. The lowest BCUT2D eigenvalue weighted by molar-refractivity contribution is 0.0378. The van der Waals surface area contributed by atoms with E-state index in [1.807, 2.05) is 24.3 Å². The van der Waals surface area contributed by atoms with Crippen LogP contribution >= 0.6 is 34.7 Å². The molecule has 208 valence electrons. The number of aromatic nitrogens is 2. The van der Waals surface area contributed by atoms with E-state index in [1.165, 1.54) is 18.2 Å². The molecule has 40 heavy (non-hydrogen) atoms. The van der Waals surface area contributed by atoms with Gasteiger partial charge in [-0.1, -0.05) is 54.8 Å². The Hall–Kier alpha value is -2.66. The molecular weight excluding hydrogens is 560 g/mol. The van der Waals surface area contributed by atoms with Crippen LogP contribution in [0, 0.1) is 22.7 Å². The van der Waals surface area contributed by atoms with Crippen LogP contribution in [0.25, 0.3) is 10.6 Å². The molecule has 1 saturated carbocycles. The van der Waals surface area contributed by atoms with Gasteiger partial charge in [0.05, 0.1) is 30.0 Å². The number of anilines is 1. The van der Waals surface area contributed by atoms with Crippen molar-refractivity contribution < 1.29 is 4.74 Å². The molecule has 0 unspecified atom stereocenters. The molecule has 2 aromatic heterocycles. The molecule has 7 nitrogen and oxygen atoms in total. The fourth-order valence-corrected chi connectivity index (χ4v) is 7.35. The Morgan fingerprint density at radius 3 is 2.52 bits per heavy atom. The molecule has 1 aromatic carbocycles. The highest BCUT2D eigenvalue weighted by molar-refractivity contribution is 7.98. The van der Waals surface area contributed by atoms with Crippen molar-refractivity contribution in [3.05, 3.63) is 57.1 Å². The molecule has 0 amide bonds. The molecule has 0 spiro atoms. The predicted octanol–water partition coefficient (Wildman–Crippen LogP) is 7.08. The first-order valence-electron chi connectivity index (χ1n) is 13.9. The zero-order chi connectivity index (χ0) is 27.7. The van der Waals surface area contributed by atoms with Gasteiger partial charge in [-0.3, -0.25) is 4.90 Å². The molecule has 0 atom stereocenters. The second-order valence-corrected chi connectivity index (χ2v) is 12.4. The molecule has 1 N–H and O–H groups in total. The van der Waals surface area contributed by atoms with Gasteiger partial charge in [0.15, 0.2) is 0 Å². The Labute approximate surface area is 249 Å². The van der Waals surface area contributed by atoms with Crippen molar-refractivity contribution in [1.82, 2.24) is 14.9 Å². The number of rotatable bonds is 10. The van der Waals surface area contributed by atoms with Gasteiger partial charge < -0.3 is 10.1 Å². The second-order valence-electron chi connectivity index (χ2n) is 10.2. The normalized spacial score (nSPS) is 16.4. The number of nitrogens with one attached hydrogen (secondary N) is 1. The van der Waals surface area contributed by atoms with E-state index in [1.54, 1.807) is 11.3 Å². The second kappa shape index (κ2) is 14.3. The SMILES string of the molecule is N#Cc1c(NCCCN2CCOCC2)nc(SCc2csc(-c3ccc(Cl)cc3)n2)c(C#N)c1C1CCCCC1. The summed E-state index contributed by atoms with van der Waals surface area (Å²) in [6, 6.07) is 12.5. The standard InChI is InChI=1S/C30H33ClN6OS2/c31-23-9-7-22(8-10-23)29-35-24(19-39-29)20-40-30-26(18-33)27(21-5-2-1-3-6-21)25(17-32)28(36-30)34-11-4-12-37-13-15-38-16-14-37/h7-10,19,21H,1-6,11-16,20H2,(H,34,36). The fraction of sp³-hybridized carbons (Fsp3) is 0.467. The average Bonchev–Trinajstić information content (AvgIpc) is 3.48. The number of nitrogens with zero attached hydrogens (tertiary/aromatic N) is 5. The summed E-state index contributed by atoms with van der Waals surface area (Å²) >= 11 is 9.16. The summed E-state index contributed by atoms with van der Waals surface area (Å²) in [5.74, 6) is 1.41. The van der Waals surface area contributed by atoms with Crippen LogP contribution in [0.3, 0.4) is 0 Å². The zero-order valence-corrected chi connectivity index (χ0v) is 24.9. The van der Waals surface area contributed by atoms with Crippen molar-refractivity contribution in [2.75, 3.05) is 44.7 Å². The van der Waals surface area contributed by atoms with E-state index in [-0.39, 0.29) is 5.92 Å². The van der Waals surface area contributed by atoms with Gasteiger partial charge in [-0.2, -0.15) is 10.5 Å². The molecule has 0 radical (unpaired) electrons. The van der Waals surface area contributed by atoms with Crippen molar-refractivity contribution >= 4 is 40.5 Å². The number of ether oxygens (including phenoxy) is 1. The first kappa shape index (κ1) is 28.9.